The van der Waals surface area contributed by atoms with Gasteiger partial charge in [0.15, 0.2) is 0 Å². The molecule has 0 saturated heterocycles. The lowest BCUT2D eigenvalue weighted by Gasteiger charge is -2.19. The van der Waals surface area contributed by atoms with E-state index in [0.717, 1.165) is 11.1 Å². The Morgan fingerprint density at radius 2 is 1.61 bits per heavy atom. The number of nitro groups is 1. The van der Waals surface area contributed by atoms with Crippen molar-refractivity contribution in [2.24, 2.45) is 0 Å². The van der Waals surface area contributed by atoms with Crippen molar-refractivity contribution in [3.63, 3.8) is 0 Å². The zero-order valence-electron chi connectivity index (χ0n) is 16.2. The summed E-state index contributed by atoms with van der Waals surface area (Å²) in [6.45, 7) is 0. The summed E-state index contributed by atoms with van der Waals surface area (Å²) in [4.78, 5) is 23.2. The minimum Gasteiger partial charge on any atom is -0.360 e. The highest BCUT2D eigenvalue weighted by molar-refractivity contribution is 6.32. The predicted octanol–water partition coefficient (Wildman–Crippen LogP) is 4.97. The zero-order chi connectivity index (χ0) is 22.2. The van der Waals surface area contributed by atoms with Gasteiger partial charge in [0.2, 0.25) is 0 Å². The molecule has 2 N–H and O–H groups in total. The lowest BCUT2D eigenvalue weighted by Crippen LogP contribution is -2.30. The van der Waals surface area contributed by atoms with E-state index in [2.05, 4.69) is 10.6 Å². The van der Waals surface area contributed by atoms with Gasteiger partial charge in [0, 0.05) is 18.0 Å². The number of amides is 1. The molecule has 0 atom stereocenters. The molecule has 3 aromatic carbocycles. The second-order valence-corrected chi connectivity index (χ2v) is 6.87. The van der Waals surface area contributed by atoms with Gasteiger partial charge in [-0.3, -0.25) is 14.9 Å². The van der Waals surface area contributed by atoms with Gasteiger partial charge in [0.05, 0.1) is 11.0 Å². The van der Waals surface area contributed by atoms with E-state index in [4.69, 9.17) is 11.6 Å². The Bertz CT molecular complexity index is 1120. The number of carbonyl (C=O) groups is 1. The van der Waals surface area contributed by atoms with Gasteiger partial charge < -0.3 is 10.6 Å². The highest BCUT2D eigenvalue weighted by atomic mass is 35.5. The van der Waals surface area contributed by atoms with Gasteiger partial charge in [0.1, 0.15) is 16.7 Å². The van der Waals surface area contributed by atoms with Crippen LogP contribution < -0.4 is 10.6 Å². The number of benzene rings is 3. The first-order chi connectivity index (χ1) is 15.0. The Morgan fingerprint density at radius 3 is 2.13 bits per heavy atom. The number of carbonyl (C=O) groups excluding carboxylic acids is 1. The van der Waals surface area contributed by atoms with Crippen molar-refractivity contribution >= 4 is 28.9 Å². The number of nitrogens with one attached hydrogen (secondary N) is 2. The normalized spacial score (nSPS) is 10.9. The third-order valence-electron chi connectivity index (χ3n) is 4.43. The number of rotatable bonds is 7. The van der Waals surface area contributed by atoms with E-state index in [1.807, 2.05) is 66.7 Å². The molecular weight excluding hydrogens is 416 g/mol. The Labute approximate surface area is 183 Å². The van der Waals surface area contributed by atoms with Gasteiger partial charge in [0.25, 0.3) is 11.6 Å². The minimum absolute atomic E-state index is 0.00802. The number of anilines is 1. The molecule has 0 radical (unpaired) electrons. The number of hydrogen-bond acceptors (Lipinski definition) is 5. The van der Waals surface area contributed by atoms with Gasteiger partial charge in [-0.2, -0.15) is 5.26 Å². The van der Waals surface area contributed by atoms with Gasteiger partial charge in [-0.05, 0) is 23.3 Å². The summed E-state index contributed by atoms with van der Waals surface area (Å²) in [6.07, 6.45) is 1.20. The lowest BCUT2D eigenvalue weighted by atomic mass is 9.98. The van der Waals surface area contributed by atoms with Gasteiger partial charge >= 0.3 is 0 Å². The van der Waals surface area contributed by atoms with Crippen LogP contribution in [0.15, 0.2) is 90.6 Å². The van der Waals surface area contributed by atoms with Crippen LogP contribution in [0.5, 0.6) is 0 Å². The molecular formula is C23H17ClN4O3. The maximum Gasteiger partial charge on any atom is 0.289 e. The number of nitro benzene ring substituents is 1. The summed E-state index contributed by atoms with van der Waals surface area (Å²) in [5.41, 5.74) is 1.58. The molecule has 1 amide bonds. The first-order valence-corrected chi connectivity index (χ1v) is 9.59. The van der Waals surface area contributed by atoms with E-state index >= 15 is 0 Å². The van der Waals surface area contributed by atoms with Crippen molar-refractivity contribution < 1.29 is 9.72 Å². The predicted molar refractivity (Wildman–Crippen MR) is 118 cm³/mol. The summed E-state index contributed by atoms with van der Waals surface area (Å²) >= 11 is 5.80. The standard InChI is InChI=1S/C23H17ClN4O3/c24-20-12-11-19(13-21(20)28(30)31)26-15-18(14-25)23(29)27-22(16-7-3-1-4-8-16)17-9-5-2-6-10-17/h1-13,15,22,26H,(H,27,29)/b18-15-. The first kappa shape index (κ1) is 21.6. The fourth-order valence-corrected chi connectivity index (χ4v) is 3.09. The quantitative estimate of drug-likeness (QED) is 0.237. The van der Waals surface area contributed by atoms with Crippen LogP contribution in [0.1, 0.15) is 17.2 Å². The molecule has 7 nitrogen and oxygen atoms in total. The van der Waals surface area contributed by atoms with Crippen molar-refractivity contribution in [3.05, 3.63) is 117 Å². The lowest BCUT2D eigenvalue weighted by molar-refractivity contribution is -0.384. The first-order valence-electron chi connectivity index (χ1n) is 9.21. The third kappa shape index (κ3) is 5.47. The average Bonchev–Trinajstić information content (AvgIpc) is 2.79. The van der Waals surface area contributed by atoms with Crippen LogP contribution >= 0.6 is 11.6 Å². The van der Waals surface area contributed by atoms with Crippen LogP contribution in [0.3, 0.4) is 0 Å². The minimum atomic E-state index is -0.612. The van der Waals surface area contributed by atoms with Gasteiger partial charge in [-0.15, -0.1) is 0 Å². The Balaban J connectivity index is 1.83. The van der Waals surface area contributed by atoms with Crippen LogP contribution in [0.25, 0.3) is 0 Å². The molecule has 0 aliphatic rings. The summed E-state index contributed by atoms with van der Waals surface area (Å²) in [5.74, 6) is -0.587. The average molecular weight is 433 g/mol. The SMILES string of the molecule is N#C/C(=C/Nc1ccc(Cl)c([N+](=O)[O-])c1)C(=O)NC(c1ccccc1)c1ccccc1. The van der Waals surface area contributed by atoms with Gasteiger partial charge in [-0.1, -0.05) is 72.3 Å². The molecule has 8 heteroatoms. The smallest absolute Gasteiger partial charge is 0.289 e. The second-order valence-electron chi connectivity index (χ2n) is 6.47. The van der Waals surface area contributed by atoms with Crippen LogP contribution in [0.4, 0.5) is 11.4 Å². The highest BCUT2D eigenvalue weighted by Gasteiger charge is 2.19. The van der Waals surface area contributed by atoms with Crippen molar-refractivity contribution in [1.29, 1.82) is 5.26 Å². The molecule has 0 fully saturated rings. The van der Waals surface area contributed by atoms with Crippen molar-refractivity contribution in [3.8, 4) is 6.07 Å². The Hall–Kier alpha value is -4.15. The summed E-state index contributed by atoms with van der Waals surface area (Å²) in [7, 11) is 0. The molecule has 0 bridgehead atoms. The maximum absolute atomic E-state index is 12.8. The van der Waals surface area contributed by atoms with Crippen molar-refractivity contribution in [1.82, 2.24) is 5.32 Å². The molecule has 0 spiro atoms. The summed E-state index contributed by atoms with van der Waals surface area (Å²) < 4.78 is 0. The van der Waals surface area contributed by atoms with Crippen LogP contribution in [0.2, 0.25) is 5.02 Å². The maximum atomic E-state index is 12.8. The molecule has 0 saturated carbocycles. The van der Waals surface area contributed by atoms with E-state index in [9.17, 15) is 20.2 Å². The molecule has 0 aliphatic heterocycles. The van der Waals surface area contributed by atoms with E-state index in [-0.39, 0.29) is 16.3 Å². The number of halogens is 1. The molecule has 0 unspecified atom stereocenters. The topological polar surface area (TPSA) is 108 Å². The molecule has 3 rings (SSSR count). The van der Waals surface area contributed by atoms with E-state index in [0.29, 0.717) is 5.69 Å². The number of nitrogens with zero attached hydrogens (tertiary/aromatic N) is 2. The van der Waals surface area contributed by atoms with E-state index < -0.39 is 16.9 Å². The number of nitriles is 1. The Morgan fingerprint density at radius 1 is 1.03 bits per heavy atom. The number of hydrogen-bond donors (Lipinski definition) is 2. The molecule has 0 aliphatic carbocycles. The summed E-state index contributed by atoms with van der Waals surface area (Å²) in [5, 5.41) is 26.1. The molecule has 3 aromatic rings. The van der Waals surface area contributed by atoms with Gasteiger partial charge in [-0.25, -0.2) is 0 Å². The monoisotopic (exact) mass is 432 g/mol. The van der Waals surface area contributed by atoms with Crippen LogP contribution in [0, 0.1) is 21.4 Å². The third-order valence-corrected chi connectivity index (χ3v) is 4.75. The highest BCUT2D eigenvalue weighted by Crippen LogP contribution is 2.27. The molecule has 154 valence electrons. The molecule has 0 heterocycles. The largest absolute Gasteiger partial charge is 0.360 e. The Kier molecular flexibility index (Phi) is 6.99. The van der Waals surface area contributed by atoms with Crippen LogP contribution in [-0.4, -0.2) is 10.8 Å². The second kappa shape index (κ2) is 10.1. The molecule has 0 aromatic heterocycles. The van der Waals surface area contributed by atoms with Crippen molar-refractivity contribution in [2.45, 2.75) is 6.04 Å². The van der Waals surface area contributed by atoms with E-state index in [1.54, 1.807) is 0 Å². The molecule has 31 heavy (non-hydrogen) atoms. The fraction of sp³-hybridized carbons (Fsp3) is 0.0435. The zero-order valence-corrected chi connectivity index (χ0v) is 16.9. The fourth-order valence-electron chi connectivity index (χ4n) is 2.91. The van der Waals surface area contributed by atoms with E-state index in [1.165, 1.54) is 24.4 Å². The van der Waals surface area contributed by atoms with Crippen molar-refractivity contribution in [2.75, 3.05) is 5.32 Å². The summed E-state index contributed by atoms with van der Waals surface area (Å²) in [6, 6.07) is 24.3. The van der Waals surface area contributed by atoms with Crippen LogP contribution in [-0.2, 0) is 4.79 Å².